The van der Waals surface area contributed by atoms with Crippen LogP contribution >= 0.6 is 0 Å². The van der Waals surface area contributed by atoms with E-state index in [0.29, 0.717) is 12.1 Å². The number of hydrogen-bond acceptors (Lipinski definition) is 4. The van der Waals surface area contributed by atoms with Crippen LogP contribution in [-0.4, -0.2) is 53.4 Å². The average molecular weight is 332 g/mol. The third-order valence-corrected chi connectivity index (χ3v) is 4.98. The van der Waals surface area contributed by atoms with Gasteiger partial charge in [-0.15, -0.1) is 0 Å². The van der Waals surface area contributed by atoms with Crippen molar-refractivity contribution >= 4 is 5.91 Å². The summed E-state index contributed by atoms with van der Waals surface area (Å²) in [6.45, 7) is 7.30. The summed E-state index contributed by atoms with van der Waals surface area (Å²) in [6.07, 6.45) is 3.12. The summed E-state index contributed by atoms with van der Waals surface area (Å²) < 4.78 is 5.76. The van der Waals surface area contributed by atoms with Crippen LogP contribution in [0.2, 0.25) is 0 Å². The van der Waals surface area contributed by atoms with Crippen LogP contribution in [0.1, 0.15) is 49.0 Å². The lowest BCUT2D eigenvalue weighted by molar-refractivity contribution is -0.0704. The minimum Gasteiger partial charge on any atom is -0.388 e. The molecule has 5 heteroatoms. The highest BCUT2D eigenvalue weighted by molar-refractivity contribution is 5.94. The number of amides is 1. The average Bonchev–Trinajstić information content (AvgIpc) is 2.50. The van der Waals surface area contributed by atoms with E-state index < -0.39 is 5.60 Å². The van der Waals surface area contributed by atoms with Crippen LogP contribution in [0.4, 0.5) is 0 Å². The molecule has 2 aliphatic rings. The molecule has 0 bridgehead atoms. The monoisotopic (exact) mass is 332 g/mol. The largest absolute Gasteiger partial charge is 0.388 e. The second-order valence-electron chi connectivity index (χ2n) is 7.41. The third kappa shape index (κ3) is 4.35. The van der Waals surface area contributed by atoms with Crippen molar-refractivity contribution in [1.29, 1.82) is 0 Å². The number of rotatable bonds is 5. The summed E-state index contributed by atoms with van der Waals surface area (Å²) in [5, 5.41) is 12.9. The summed E-state index contributed by atoms with van der Waals surface area (Å²) >= 11 is 0. The van der Waals surface area contributed by atoms with E-state index in [1.807, 2.05) is 24.3 Å². The lowest BCUT2D eigenvalue weighted by Crippen LogP contribution is -2.47. The van der Waals surface area contributed by atoms with E-state index in [1.54, 1.807) is 0 Å². The third-order valence-electron chi connectivity index (χ3n) is 4.98. The van der Waals surface area contributed by atoms with Gasteiger partial charge < -0.3 is 15.2 Å². The molecule has 1 saturated heterocycles. The maximum atomic E-state index is 12.2. The zero-order valence-electron chi connectivity index (χ0n) is 14.6. The van der Waals surface area contributed by atoms with Gasteiger partial charge in [0.2, 0.25) is 0 Å². The van der Waals surface area contributed by atoms with Crippen LogP contribution < -0.4 is 5.32 Å². The van der Waals surface area contributed by atoms with Gasteiger partial charge >= 0.3 is 0 Å². The van der Waals surface area contributed by atoms with E-state index in [4.69, 9.17) is 4.74 Å². The molecule has 2 N–H and O–H groups in total. The molecule has 1 aliphatic carbocycles. The first-order chi connectivity index (χ1) is 11.4. The van der Waals surface area contributed by atoms with Crippen LogP contribution in [0, 0.1) is 0 Å². The minimum absolute atomic E-state index is 0.115. The molecule has 1 aliphatic heterocycles. The number of ether oxygens (including phenoxy) is 1. The Morgan fingerprint density at radius 3 is 2.42 bits per heavy atom. The fourth-order valence-electron chi connectivity index (χ4n) is 3.54. The Kier molecular flexibility index (Phi) is 5.23. The van der Waals surface area contributed by atoms with Gasteiger partial charge in [-0.25, -0.2) is 0 Å². The molecule has 1 amide bonds. The van der Waals surface area contributed by atoms with Gasteiger partial charge in [0.15, 0.2) is 0 Å². The van der Waals surface area contributed by atoms with Crippen molar-refractivity contribution in [2.24, 2.45) is 0 Å². The first kappa shape index (κ1) is 17.4. The lowest BCUT2D eigenvalue weighted by Gasteiger charge is -2.36. The number of benzene rings is 1. The van der Waals surface area contributed by atoms with Crippen LogP contribution in [0.3, 0.4) is 0 Å². The molecule has 3 rings (SSSR count). The Hall–Kier alpha value is -1.43. The van der Waals surface area contributed by atoms with Gasteiger partial charge in [-0.05, 0) is 50.8 Å². The minimum atomic E-state index is -0.681. The Balaban J connectivity index is 1.52. The Morgan fingerprint density at radius 2 is 1.88 bits per heavy atom. The normalized spacial score (nSPS) is 26.6. The van der Waals surface area contributed by atoms with Gasteiger partial charge in [0, 0.05) is 31.7 Å². The number of aliphatic hydroxyl groups is 1. The maximum absolute atomic E-state index is 12.2. The van der Waals surface area contributed by atoms with E-state index in [0.717, 1.165) is 38.9 Å². The quantitative estimate of drug-likeness (QED) is 0.865. The van der Waals surface area contributed by atoms with Crippen molar-refractivity contribution in [2.75, 3.05) is 19.6 Å². The molecule has 0 radical (unpaired) electrons. The van der Waals surface area contributed by atoms with E-state index >= 15 is 0 Å². The number of carbonyl (C=O) groups is 1. The van der Waals surface area contributed by atoms with E-state index in [-0.39, 0.29) is 18.1 Å². The second kappa shape index (κ2) is 7.21. The molecule has 2 fully saturated rings. The van der Waals surface area contributed by atoms with Crippen LogP contribution in [-0.2, 0) is 11.3 Å². The molecule has 24 heavy (non-hydrogen) atoms. The van der Waals surface area contributed by atoms with Gasteiger partial charge in [0.1, 0.15) is 0 Å². The molecule has 2 atom stereocenters. The smallest absolute Gasteiger partial charge is 0.251 e. The predicted octanol–water partition coefficient (Wildman–Crippen LogP) is 1.94. The van der Waals surface area contributed by atoms with Gasteiger partial charge in [-0.2, -0.15) is 0 Å². The number of carbonyl (C=O) groups excluding carboxylic acids is 1. The number of morpholine rings is 1. The van der Waals surface area contributed by atoms with Crippen molar-refractivity contribution in [1.82, 2.24) is 10.2 Å². The van der Waals surface area contributed by atoms with Gasteiger partial charge in [0.05, 0.1) is 17.8 Å². The summed E-state index contributed by atoms with van der Waals surface area (Å²) in [7, 11) is 0. The molecule has 0 aromatic heterocycles. The molecule has 0 spiro atoms. The number of nitrogens with zero attached hydrogens (tertiary/aromatic N) is 1. The number of nitrogens with one attached hydrogen (secondary N) is 1. The Bertz CT molecular complexity index is 558. The maximum Gasteiger partial charge on any atom is 0.251 e. The SMILES string of the molecule is CC1CN(Cc2ccc(C(=O)NCC3(O)CCC3)cc2)CC(C)O1. The molecule has 2 unspecified atom stereocenters. The van der Waals surface area contributed by atoms with E-state index in [1.165, 1.54) is 5.56 Å². The summed E-state index contributed by atoms with van der Waals surface area (Å²) in [5.74, 6) is -0.115. The molecule has 1 aromatic carbocycles. The first-order valence-corrected chi connectivity index (χ1v) is 8.91. The Labute approximate surface area is 144 Å². The highest BCUT2D eigenvalue weighted by atomic mass is 16.5. The second-order valence-corrected chi connectivity index (χ2v) is 7.41. The van der Waals surface area contributed by atoms with Crippen molar-refractivity contribution in [3.8, 4) is 0 Å². The zero-order chi connectivity index (χ0) is 17.2. The topological polar surface area (TPSA) is 61.8 Å². The molecule has 1 aromatic rings. The van der Waals surface area contributed by atoms with E-state index in [2.05, 4.69) is 24.1 Å². The molecule has 1 saturated carbocycles. The predicted molar refractivity (Wildman–Crippen MR) is 92.9 cm³/mol. The summed E-state index contributed by atoms with van der Waals surface area (Å²) in [5.41, 5.74) is 1.16. The van der Waals surface area contributed by atoms with Crippen molar-refractivity contribution in [2.45, 2.75) is 57.5 Å². The summed E-state index contributed by atoms with van der Waals surface area (Å²) in [6, 6.07) is 7.75. The van der Waals surface area contributed by atoms with E-state index in [9.17, 15) is 9.90 Å². The molecule has 132 valence electrons. The number of hydrogen-bond donors (Lipinski definition) is 2. The van der Waals surface area contributed by atoms with Crippen LogP contribution in [0.15, 0.2) is 24.3 Å². The zero-order valence-corrected chi connectivity index (χ0v) is 14.6. The standard InChI is InChI=1S/C19H28N2O3/c1-14-10-21(11-15(2)24-14)12-16-4-6-17(7-5-16)18(22)20-13-19(23)8-3-9-19/h4-7,14-15,23H,3,8-13H2,1-2H3,(H,20,22). The highest BCUT2D eigenvalue weighted by Gasteiger charge is 2.34. The fourth-order valence-corrected chi connectivity index (χ4v) is 3.54. The first-order valence-electron chi connectivity index (χ1n) is 8.91. The van der Waals surface area contributed by atoms with Crippen LogP contribution in [0.5, 0.6) is 0 Å². The Morgan fingerprint density at radius 1 is 1.25 bits per heavy atom. The molecular formula is C19H28N2O3. The van der Waals surface area contributed by atoms with Crippen molar-refractivity contribution in [3.63, 3.8) is 0 Å². The van der Waals surface area contributed by atoms with Crippen molar-refractivity contribution < 1.29 is 14.6 Å². The molecule has 1 heterocycles. The van der Waals surface area contributed by atoms with Gasteiger partial charge in [0.25, 0.3) is 5.91 Å². The van der Waals surface area contributed by atoms with Crippen molar-refractivity contribution in [3.05, 3.63) is 35.4 Å². The van der Waals surface area contributed by atoms with Crippen LogP contribution in [0.25, 0.3) is 0 Å². The van der Waals surface area contributed by atoms with Gasteiger partial charge in [-0.1, -0.05) is 12.1 Å². The fraction of sp³-hybridized carbons (Fsp3) is 0.632. The van der Waals surface area contributed by atoms with Gasteiger partial charge in [-0.3, -0.25) is 9.69 Å². The lowest BCUT2D eigenvalue weighted by atomic mass is 9.80. The molecular weight excluding hydrogens is 304 g/mol. The summed E-state index contributed by atoms with van der Waals surface area (Å²) in [4.78, 5) is 14.6. The molecule has 5 nitrogen and oxygen atoms in total. The highest BCUT2D eigenvalue weighted by Crippen LogP contribution is 2.30.